The zero-order chi connectivity index (χ0) is 16.2. The number of carbonyl (C=O) groups excluding carboxylic acids is 1. The molecule has 2 aromatic carbocycles. The molecule has 0 bridgehead atoms. The molecular weight excluding hydrogens is 286 g/mol. The van der Waals surface area contributed by atoms with E-state index in [4.69, 9.17) is 4.42 Å². The Kier molecular flexibility index (Phi) is 4.20. The van der Waals surface area contributed by atoms with E-state index < -0.39 is 0 Å². The minimum Gasteiger partial charge on any atom is -0.455 e. The molecular formula is C20H17NO2. The smallest absolute Gasteiger partial charge is 0.159 e. The second-order valence-electron chi connectivity index (χ2n) is 5.43. The number of hydrogen-bond donors (Lipinski definition) is 0. The largest absolute Gasteiger partial charge is 0.455 e. The van der Waals surface area contributed by atoms with E-state index >= 15 is 0 Å². The van der Waals surface area contributed by atoms with Crippen molar-refractivity contribution in [1.82, 2.24) is 0 Å². The molecule has 0 aliphatic heterocycles. The number of aryl methyl sites for hydroxylation is 1. The van der Waals surface area contributed by atoms with Gasteiger partial charge < -0.3 is 4.42 Å². The molecule has 3 aromatic rings. The molecule has 114 valence electrons. The number of aliphatic imine (C=N–C) groups is 1. The Balaban J connectivity index is 1.77. The minimum atomic E-state index is 0.0573. The lowest BCUT2D eigenvalue weighted by Crippen LogP contribution is -1.90. The van der Waals surface area contributed by atoms with Crippen LogP contribution in [-0.4, -0.2) is 12.0 Å². The fraction of sp³-hybridized carbons (Fsp3) is 0.100. The van der Waals surface area contributed by atoms with E-state index in [1.807, 2.05) is 55.5 Å². The molecule has 0 radical (unpaired) electrons. The van der Waals surface area contributed by atoms with Gasteiger partial charge in [0, 0.05) is 11.1 Å². The van der Waals surface area contributed by atoms with Crippen LogP contribution in [0.2, 0.25) is 0 Å². The summed E-state index contributed by atoms with van der Waals surface area (Å²) in [7, 11) is 0. The first kappa shape index (κ1) is 15.0. The fourth-order valence-electron chi connectivity index (χ4n) is 2.22. The maximum Gasteiger partial charge on any atom is 0.159 e. The van der Waals surface area contributed by atoms with Crippen LogP contribution in [0.1, 0.15) is 28.6 Å². The first-order valence-electron chi connectivity index (χ1n) is 7.44. The molecule has 0 N–H and O–H groups in total. The van der Waals surface area contributed by atoms with Crippen LogP contribution in [0.4, 0.5) is 5.69 Å². The van der Waals surface area contributed by atoms with E-state index in [1.165, 1.54) is 5.56 Å². The second kappa shape index (κ2) is 6.44. The zero-order valence-electron chi connectivity index (χ0n) is 13.1. The molecule has 23 heavy (non-hydrogen) atoms. The lowest BCUT2D eigenvalue weighted by molar-refractivity contribution is 0.101. The molecule has 0 unspecified atom stereocenters. The highest BCUT2D eigenvalue weighted by Crippen LogP contribution is 2.22. The standard InChI is InChI=1S/C20H17NO2/c1-14-3-9-18(10-4-14)21-13-19-11-12-20(23-19)17-7-5-16(6-8-17)15(2)22/h3-13H,1-2H3. The predicted octanol–water partition coefficient (Wildman–Crippen LogP) is 5.21. The van der Waals surface area contributed by atoms with Crippen LogP contribution in [0.25, 0.3) is 11.3 Å². The SMILES string of the molecule is CC(=O)c1ccc(-c2ccc(C=Nc3ccc(C)cc3)o2)cc1. The van der Waals surface area contributed by atoms with Crippen molar-refractivity contribution in [3.63, 3.8) is 0 Å². The molecule has 1 aromatic heterocycles. The number of nitrogens with zero attached hydrogens (tertiary/aromatic N) is 1. The minimum absolute atomic E-state index is 0.0573. The molecule has 3 nitrogen and oxygen atoms in total. The summed E-state index contributed by atoms with van der Waals surface area (Å²) in [5.74, 6) is 1.50. The van der Waals surface area contributed by atoms with E-state index in [1.54, 1.807) is 25.3 Å². The van der Waals surface area contributed by atoms with Crippen LogP contribution in [-0.2, 0) is 0 Å². The van der Waals surface area contributed by atoms with Crippen molar-refractivity contribution < 1.29 is 9.21 Å². The summed E-state index contributed by atoms with van der Waals surface area (Å²) in [6, 6.07) is 19.2. The van der Waals surface area contributed by atoms with Gasteiger partial charge in [-0.25, -0.2) is 0 Å². The predicted molar refractivity (Wildman–Crippen MR) is 92.6 cm³/mol. The van der Waals surface area contributed by atoms with Crippen molar-refractivity contribution in [3.05, 3.63) is 77.6 Å². The highest BCUT2D eigenvalue weighted by atomic mass is 16.3. The first-order chi connectivity index (χ1) is 11.1. The fourth-order valence-corrected chi connectivity index (χ4v) is 2.22. The first-order valence-corrected chi connectivity index (χ1v) is 7.44. The van der Waals surface area contributed by atoms with Gasteiger partial charge in [0.25, 0.3) is 0 Å². The number of carbonyl (C=O) groups is 1. The second-order valence-corrected chi connectivity index (χ2v) is 5.43. The van der Waals surface area contributed by atoms with Gasteiger partial charge in [0.1, 0.15) is 11.5 Å². The maximum absolute atomic E-state index is 11.3. The third-order valence-corrected chi connectivity index (χ3v) is 3.58. The van der Waals surface area contributed by atoms with Crippen LogP contribution in [0, 0.1) is 6.92 Å². The molecule has 0 aliphatic rings. The average molecular weight is 303 g/mol. The molecule has 0 spiro atoms. The van der Waals surface area contributed by atoms with Crippen LogP contribution >= 0.6 is 0 Å². The van der Waals surface area contributed by atoms with Crippen molar-refractivity contribution in [2.45, 2.75) is 13.8 Å². The number of furan rings is 1. The quantitative estimate of drug-likeness (QED) is 0.490. The van der Waals surface area contributed by atoms with E-state index in [0.29, 0.717) is 11.3 Å². The molecule has 3 rings (SSSR count). The Morgan fingerprint density at radius 1 is 0.957 bits per heavy atom. The Morgan fingerprint density at radius 3 is 2.30 bits per heavy atom. The highest BCUT2D eigenvalue weighted by molar-refractivity contribution is 5.94. The van der Waals surface area contributed by atoms with Crippen molar-refractivity contribution in [2.75, 3.05) is 0 Å². The van der Waals surface area contributed by atoms with Gasteiger partial charge in [-0.1, -0.05) is 42.0 Å². The van der Waals surface area contributed by atoms with E-state index in [2.05, 4.69) is 4.99 Å². The van der Waals surface area contributed by atoms with Gasteiger partial charge in [-0.05, 0) is 38.1 Å². The summed E-state index contributed by atoms with van der Waals surface area (Å²) >= 11 is 0. The highest BCUT2D eigenvalue weighted by Gasteiger charge is 2.05. The Morgan fingerprint density at radius 2 is 1.65 bits per heavy atom. The average Bonchev–Trinajstić information content (AvgIpc) is 3.03. The van der Waals surface area contributed by atoms with Gasteiger partial charge in [-0.3, -0.25) is 9.79 Å². The molecule has 3 heteroatoms. The monoisotopic (exact) mass is 303 g/mol. The molecule has 0 saturated carbocycles. The van der Waals surface area contributed by atoms with Crippen LogP contribution in [0.3, 0.4) is 0 Å². The normalized spacial score (nSPS) is 11.0. The number of benzene rings is 2. The molecule has 0 aliphatic carbocycles. The Labute approximate surface area is 135 Å². The maximum atomic E-state index is 11.3. The van der Waals surface area contributed by atoms with Gasteiger partial charge in [-0.2, -0.15) is 0 Å². The molecule has 0 saturated heterocycles. The summed E-state index contributed by atoms with van der Waals surface area (Å²) in [6.45, 7) is 3.60. The zero-order valence-corrected chi connectivity index (χ0v) is 13.1. The molecule has 0 amide bonds. The Hall–Kier alpha value is -2.94. The third-order valence-electron chi connectivity index (χ3n) is 3.58. The van der Waals surface area contributed by atoms with Crippen molar-refractivity contribution in [1.29, 1.82) is 0 Å². The number of rotatable bonds is 4. The van der Waals surface area contributed by atoms with Gasteiger partial charge in [0.15, 0.2) is 5.78 Å². The van der Waals surface area contributed by atoms with Gasteiger partial charge in [0.05, 0.1) is 11.9 Å². The van der Waals surface area contributed by atoms with Gasteiger partial charge in [0.2, 0.25) is 0 Å². The van der Waals surface area contributed by atoms with Gasteiger partial charge >= 0.3 is 0 Å². The lowest BCUT2D eigenvalue weighted by Gasteiger charge is -1.98. The summed E-state index contributed by atoms with van der Waals surface area (Å²) < 4.78 is 5.78. The van der Waals surface area contributed by atoms with Crippen molar-refractivity contribution >= 4 is 17.7 Å². The molecule has 0 atom stereocenters. The van der Waals surface area contributed by atoms with E-state index in [0.717, 1.165) is 17.0 Å². The summed E-state index contributed by atoms with van der Waals surface area (Å²) in [4.78, 5) is 15.7. The third kappa shape index (κ3) is 3.64. The summed E-state index contributed by atoms with van der Waals surface area (Å²) in [6.07, 6.45) is 1.71. The Bertz CT molecular complexity index is 840. The van der Waals surface area contributed by atoms with Gasteiger partial charge in [-0.15, -0.1) is 0 Å². The summed E-state index contributed by atoms with van der Waals surface area (Å²) in [5, 5.41) is 0. The number of hydrogen-bond acceptors (Lipinski definition) is 3. The summed E-state index contributed by atoms with van der Waals surface area (Å²) in [5.41, 5.74) is 3.73. The van der Waals surface area contributed by atoms with Crippen LogP contribution in [0.5, 0.6) is 0 Å². The molecule has 1 heterocycles. The van der Waals surface area contributed by atoms with Crippen molar-refractivity contribution in [3.8, 4) is 11.3 Å². The number of ketones is 1. The van der Waals surface area contributed by atoms with E-state index in [-0.39, 0.29) is 5.78 Å². The lowest BCUT2D eigenvalue weighted by atomic mass is 10.1. The van der Waals surface area contributed by atoms with Crippen LogP contribution in [0.15, 0.2) is 70.1 Å². The van der Waals surface area contributed by atoms with E-state index in [9.17, 15) is 4.79 Å². The van der Waals surface area contributed by atoms with Crippen LogP contribution < -0.4 is 0 Å². The molecule has 0 fully saturated rings. The topological polar surface area (TPSA) is 42.6 Å². The number of Topliss-reactive ketones (excluding diaryl/α,β-unsaturated/α-hetero) is 1. The van der Waals surface area contributed by atoms with Crippen molar-refractivity contribution in [2.24, 2.45) is 4.99 Å².